The van der Waals surface area contributed by atoms with Crippen molar-refractivity contribution in [3.05, 3.63) is 64.2 Å². The van der Waals surface area contributed by atoms with Crippen LogP contribution >= 0.6 is 0 Å². The summed E-state index contributed by atoms with van der Waals surface area (Å²) in [5.41, 5.74) is 1.32. The van der Waals surface area contributed by atoms with Crippen LogP contribution in [-0.2, 0) is 9.53 Å². The van der Waals surface area contributed by atoms with Crippen molar-refractivity contribution in [2.75, 3.05) is 32.1 Å². The summed E-state index contributed by atoms with van der Waals surface area (Å²) in [6, 6.07) is 10.5. The minimum Gasteiger partial charge on any atom is -0.383 e. The van der Waals surface area contributed by atoms with Crippen molar-refractivity contribution in [2.45, 2.75) is 12.3 Å². The highest BCUT2D eigenvalue weighted by Gasteiger charge is 2.32. The Balaban J connectivity index is 1.63. The minimum atomic E-state index is -0.372. The number of rotatable bonds is 6. The topological polar surface area (TPSA) is 109 Å². The number of hydrogen-bond acceptors (Lipinski definition) is 5. The average Bonchev–Trinajstić information content (AvgIpc) is 3.31. The van der Waals surface area contributed by atoms with Crippen molar-refractivity contribution < 1.29 is 14.3 Å². The molecule has 1 aromatic carbocycles. The summed E-state index contributed by atoms with van der Waals surface area (Å²) < 4.78 is 6.26. The summed E-state index contributed by atoms with van der Waals surface area (Å²) in [4.78, 5) is 43.7. The Morgan fingerprint density at radius 1 is 1.31 bits per heavy atom. The normalized spacial score (nSPS) is 16.5. The number of H-pyrrole nitrogens is 1. The van der Waals surface area contributed by atoms with Gasteiger partial charge in [-0.05, 0) is 12.1 Å². The Kier molecular flexibility index (Phi) is 5.13. The third-order valence-corrected chi connectivity index (χ3v) is 4.99. The Labute approximate surface area is 166 Å². The first-order valence-corrected chi connectivity index (χ1v) is 9.31. The molecular weight excluding hydrogens is 374 g/mol. The van der Waals surface area contributed by atoms with Crippen LogP contribution in [0.25, 0.3) is 5.65 Å². The van der Waals surface area contributed by atoms with Gasteiger partial charge in [-0.2, -0.15) is 0 Å². The van der Waals surface area contributed by atoms with Gasteiger partial charge >= 0.3 is 0 Å². The highest BCUT2D eigenvalue weighted by Crippen LogP contribution is 2.26. The third kappa shape index (κ3) is 3.77. The molecule has 2 amide bonds. The molecule has 1 atom stereocenters. The Morgan fingerprint density at radius 2 is 2.10 bits per heavy atom. The van der Waals surface area contributed by atoms with Gasteiger partial charge in [0.2, 0.25) is 5.91 Å². The lowest BCUT2D eigenvalue weighted by Crippen LogP contribution is -2.28. The van der Waals surface area contributed by atoms with E-state index in [-0.39, 0.29) is 40.9 Å². The number of anilines is 1. The fraction of sp³-hybridized carbons (Fsp3) is 0.300. The van der Waals surface area contributed by atoms with E-state index in [4.69, 9.17) is 4.74 Å². The SMILES string of the molecule is COCCN1C[C@H](c2cc(=O)n3[nH]cc(C(=O)Nc4ccccc4)c3n2)CC1=O. The van der Waals surface area contributed by atoms with E-state index in [0.29, 0.717) is 31.1 Å². The lowest BCUT2D eigenvalue weighted by molar-refractivity contribution is -0.128. The Bertz CT molecular complexity index is 1110. The highest BCUT2D eigenvalue weighted by atomic mass is 16.5. The maximum absolute atomic E-state index is 12.7. The van der Waals surface area contributed by atoms with Crippen LogP contribution < -0.4 is 10.9 Å². The summed E-state index contributed by atoms with van der Waals surface area (Å²) in [5, 5.41) is 5.57. The van der Waals surface area contributed by atoms with Gasteiger partial charge in [-0.25, -0.2) is 9.50 Å². The quantitative estimate of drug-likeness (QED) is 0.653. The number of ether oxygens (including phenoxy) is 1. The molecule has 0 aliphatic carbocycles. The molecule has 0 unspecified atom stereocenters. The number of benzene rings is 1. The number of carbonyl (C=O) groups excluding carboxylic acids is 2. The van der Waals surface area contributed by atoms with E-state index >= 15 is 0 Å². The van der Waals surface area contributed by atoms with Gasteiger partial charge in [0, 0.05) is 50.5 Å². The van der Waals surface area contributed by atoms with E-state index in [1.165, 1.54) is 16.8 Å². The van der Waals surface area contributed by atoms with Crippen molar-refractivity contribution in [3.8, 4) is 0 Å². The number of carbonyl (C=O) groups is 2. The standard InChI is InChI=1S/C20H21N5O4/c1-29-8-7-24-12-13(9-17(24)26)16-10-18(27)25-19(23-16)15(11-21-25)20(28)22-14-5-3-2-4-6-14/h2-6,10-11,13,21H,7-9,12H2,1H3,(H,22,28)/t13-/m1/s1. The molecule has 150 valence electrons. The Hall–Kier alpha value is -3.46. The van der Waals surface area contributed by atoms with E-state index in [2.05, 4.69) is 15.4 Å². The van der Waals surface area contributed by atoms with Crippen LogP contribution in [0, 0.1) is 0 Å². The van der Waals surface area contributed by atoms with Crippen LogP contribution in [-0.4, -0.2) is 58.1 Å². The molecule has 3 aromatic rings. The van der Waals surface area contributed by atoms with Gasteiger partial charge in [-0.1, -0.05) is 18.2 Å². The summed E-state index contributed by atoms with van der Waals surface area (Å²) in [5.74, 6) is -0.564. The number of aromatic nitrogens is 3. The molecule has 29 heavy (non-hydrogen) atoms. The van der Waals surface area contributed by atoms with Gasteiger partial charge < -0.3 is 15.0 Å². The molecule has 0 bridgehead atoms. The smallest absolute Gasteiger partial charge is 0.272 e. The Morgan fingerprint density at radius 3 is 2.86 bits per heavy atom. The third-order valence-electron chi connectivity index (χ3n) is 4.99. The summed E-state index contributed by atoms with van der Waals surface area (Å²) in [7, 11) is 1.59. The number of aromatic amines is 1. The fourth-order valence-corrected chi connectivity index (χ4v) is 3.48. The number of likely N-dealkylation sites (tertiary alicyclic amines) is 1. The predicted molar refractivity (Wildman–Crippen MR) is 106 cm³/mol. The minimum absolute atomic E-state index is 0.00478. The summed E-state index contributed by atoms with van der Waals surface area (Å²) >= 11 is 0. The van der Waals surface area contributed by atoms with E-state index in [1.807, 2.05) is 18.2 Å². The van der Waals surface area contributed by atoms with Crippen molar-refractivity contribution in [2.24, 2.45) is 0 Å². The summed E-state index contributed by atoms with van der Waals surface area (Å²) in [6.07, 6.45) is 1.73. The zero-order valence-corrected chi connectivity index (χ0v) is 15.9. The number of amides is 2. The molecule has 3 heterocycles. The largest absolute Gasteiger partial charge is 0.383 e. The van der Waals surface area contributed by atoms with E-state index in [9.17, 15) is 14.4 Å². The zero-order valence-electron chi connectivity index (χ0n) is 15.9. The van der Waals surface area contributed by atoms with Gasteiger partial charge in [-0.3, -0.25) is 19.5 Å². The zero-order chi connectivity index (χ0) is 20.4. The monoisotopic (exact) mass is 395 g/mol. The maximum atomic E-state index is 12.7. The van der Waals surface area contributed by atoms with Gasteiger partial charge in [0.25, 0.3) is 11.5 Å². The van der Waals surface area contributed by atoms with Crippen LogP contribution in [0.2, 0.25) is 0 Å². The molecule has 9 heteroatoms. The number of para-hydroxylation sites is 1. The molecule has 1 aliphatic heterocycles. The lowest BCUT2D eigenvalue weighted by Gasteiger charge is -2.15. The van der Waals surface area contributed by atoms with E-state index < -0.39 is 0 Å². The highest BCUT2D eigenvalue weighted by molar-refractivity contribution is 6.08. The molecule has 1 fully saturated rings. The molecule has 1 aliphatic rings. The second kappa shape index (κ2) is 7.88. The second-order valence-electron chi connectivity index (χ2n) is 6.92. The van der Waals surface area contributed by atoms with Crippen molar-refractivity contribution >= 4 is 23.1 Å². The first kappa shape index (κ1) is 18.9. The lowest BCUT2D eigenvalue weighted by atomic mass is 10.0. The van der Waals surface area contributed by atoms with Gasteiger partial charge in [0.1, 0.15) is 5.56 Å². The summed E-state index contributed by atoms with van der Waals surface area (Å²) in [6.45, 7) is 1.43. The van der Waals surface area contributed by atoms with Gasteiger partial charge in [-0.15, -0.1) is 0 Å². The van der Waals surface area contributed by atoms with Crippen molar-refractivity contribution in [3.63, 3.8) is 0 Å². The number of methoxy groups -OCH3 is 1. The number of hydrogen-bond donors (Lipinski definition) is 2. The predicted octanol–water partition coefficient (Wildman–Crippen LogP) is 1.24. The second-order valence-corrected chi connectivity index (χ2v) is 6.92. The first-order valence-electron chi connectivity index (χ1n) is 9.31. The molecule has 2 aromatic heterocycles. The number of fused-ring (bicyclic) bond motifs is 1. The van der Waals surface area contributed by atoms with Gasteiger partial charge in [0.05, 0.1) is 12.3 Å². The fourth-order valence-electron chi connectivity index (χ4n) is 3.48. The van der Waals surface area contributed by atoms with Gasteiger partial charge in [0.15, 0.2) is 5.65 Å². The van der Waals surface area contributed by atoms with E-state index in [0.717, 1.165) is 0 Å². The molecule has 1 saturated heterocycles. The van der Waals surface area contributed by atoms with E-state index in [1.54, 1.807) is 24.1 Å². The van der Waals surface area contributed by atoms with Crippen LogP contribution in [0.3, 0.4) is 0 Å². The van der Waals surface area contributed by atoms with Crippen LogP contribution in [0.1, 0.15) is 28.4 Å². The van der Waals surface area contributed by atoms with Crippen molar-refractivity contribution in [1.82, 2.24) is 19.5 Å². The molecule has 4 rings (SSSR count). The molecule has 2 N–H and O–H groups in total. The molecule has 0 radical (unpaired) electrons. The average molecular weight is 395 g/mol. The number of nitrogens with zero attached hydrogens (tertiary/aromatic N) is 3. The maximum Gasteiger partial charge on any atom is 0.272 e. The molecule has 0 saturated carbocycles. The number of nitrogens with one attached hydrogen (secondary N) is 2. The molecule has 9 nitrogen and oxygen atoms in total. The molecular formula is C20H21N5O4. The molecule has 0 spiro atoms. The first-order chi connectivity index (χ1) is 14.1. The van der Waals surface area contributed by atoms with Crippen LogP contribution in [0.4, 0.5) is 5.69 Å². The van der Waals surface area contributed by atoms with Crippen molar-refractivity contribution in [1.29, 1.82) is 0 Å². The van der Waals surface area contributed by atoms with Crippen LogP contribution in [0.5, 0.6) is 0 Å². The van der Waals surface area contributed by atoms with Crippen LogP contribution in [0.15, 0.2) is 47.4 Å².